The zero-order valence-electron chi connectivity index (χ0n) is 17.2. The summed E-state index contributed by atoms with van der Waals surface area (Å²) in [7, 11) is 0. The number of amides is 1. The van der Waals surface area contributed by atoms with E-state index in [1.54, 1.807) is 30.4 Å². The second-order valence-electron chi connectivity index (χ2n) is 7.66. The lowest BCUT2D eigenvalue weighted by molar-refractivity contribution is 0.102. The molecule has 0 saturated carbocycles. The van der Waals surface area contributed by atoms with Crippen molar-refractivity contribution in [3.8, 4) is 21.0 Å². The first-order valence-electron chi connectivity index (χ1n) is 10.1. The normalized spacial score (nSPS) is 12.7. The molecule has 156 valence electrons. The van der Waals surface area contributed by atoms with E-state index in [1.165, 1.54) is 28.5 Å². The largest absolute Gasteiger partial charge is 0.298 e. The van der Waals surface area contributed by atoms with Crippen molar-refractivity contribution in [1.82, 2.24) is 9.97 Å². The summed E-state index contributed by atoms with van der Waals surface area (Å²) in [5, 5.41) is 6.42. The second kappa shape index (κ2) is 7.98. The van der Waals surface area contributed by atoms with E-state index >= 15 is 0 Å². The van der Waals surface area contributed by atoms with E-state index in [-0.39, 0.29) is 5.56 Å². The Balaban J connectivity index is 1.52. The van der Waals surface area contributed by atoms with Crippen LogP contribution in [0.3, 0.4) is 0 Å². The van der Waals surface area contributed by atoms with Crippen LogP contribution in [-0.4, -0.2) is 15.9 Å². The van der Waals surface area contributed by atoms with Gasteiger partial charge in [-0.2, -0.15) is 0 Å². The third-order valence-corrected chi connectivity index (χ3v) is 7.52. The van der Waals surface area contributed by atoms with E-state index in [1.807, 2.05) is 6.92 Å². The Kier molecular flexibility index (Phi) is 5.16. The van der Waals surface area contributed by atoms with Crippen LogP contribution < -0.4 is 5.32 Å². The molecule has 0 unspecified atom stereocenters. The molecule has 0 fully saturated rings. The zero-order valence-corrected chi connectivity index (χ0v) is 18.8. The van der Waals surface area contributed by atoms with Gasteiger partial charge in [-0.1, -0.05) is 41.7 Å². The molecule has 0 atom stereocenters. The molecular weight excluding hydrogens is 429 g/mol. The summed E-state index contributed by atoms with van der Waals surface area (Å²) < 4.78 is 14.2. The van der Waals surface area contributed by atoms with E-state index in [0.29, 0.717) is 10.7 Å². The highest BCUT2D eigenvalue weighted by molar-refractivity contribution is 7.19. The van der Waals surface area contributed by atoms with Crippen molar-refractivity contribution in [2.75, 3.05) is 5.32 Å². The first kappa shape index (κ1) is 20.0. The molecule has 2 aromatic carbocycles. The number of nitrogens with one attached hydrogen (secondary N) is 1. The minimum Gasteiger partial charge on any atom is -0.298 e. The monoisotopic (exact) mass is 449 g/mol. The number of thiazole rings is 2. The number of hydrogen-bond donors (Lipinski definition) is 1. The Bertz CT molecular complexity index is 1290. The smallest absolute Gasteiger partial charge is 0.260 e. The summed E-state index contributed by atoms with van der Waals surface area (Å²) in [6.45, 7) is 3.74. The van der Waals surface area contributed by atoms with Crippen LogP contribution in [0, 0.1) is 19.7 Å². The topological polar surface area (TPSA) is 54.9 Å². The fourth-order valence-corrected chi connectivity index (χ4v) is 5.95. The summed E-state index contributed by atoms with van der Waals surface area (Å²) in [4.78, 5) is 23.2. The Morgan fingerprint density at radius 1 is 1.06 bits per heavy atom. The number of anilines is 1. The Labute approximate surface area is 187 Å². The molecule has 1 N–H and O–H groups in total. The number of carbonyl (C=O) groups is 1. The first-order valence-corrected chi connectivity index (χ1v) is 11.8. The number of halogens is 1. The predicted octanol–water partition coefficient (Wildman–Crippen LogP) is 6.43. The van der Waals surface area contributed by atoms with Crippen LogP contribution in [0.15, 0.2) is 41.8 Å². The molecule has 2 heterocycles. The van der Waals surface area contributed by atoms with Crippen molar-refractivity contribution in [1.29, 1.82) is 0 Å². The molecule has 0 aliphatic heterocycles. The SMILES string of the molecule is Cc1csc(-c2cccc3c2CCCc2nc(NC(=O)c4c(C)cccc4F)sc2-3)n1. The summed E-state index contributed by atoms with van der Waals surface area (Å²) in [5.41, 5.74) is 6.28. The molecule has 7 heteroatoms. The minimum atomic E-state index is -0.524. The van der Waals surface area contributed by atoms with Crippen LogP contribution >= 0.6 is 22.7 Å². The van der Waals surface area contributed by atoms with E-state index in [0.717, 1.165) is 46.1 Å². The quantitative estimate of drug-likeness (QED) is 0.392. The lowest BCUT2D eigenvalue weighted by Crippen LogP contribution is -2.15. The van der Waals surface area contributed by atoms with Crippen molar-refractivity contribution >= 4 is 33.7 Å². The molecule has 0 radical (unpaired) electrons. The number of aryl methyl sites for hydroxylation is 3. The van der Waals surface area contributed by atoms with E-state index in [9.17, 15) is 9.18 Å². The van der Waals surface area contributed by atoms with Gasteiger partial charge in [0.05, 0.1) is 16.1 Å². The van der Waals surface area contributed by atoms with Crippen molar-refractivity contribution in [2.45, 2.75) is 33.1 Å². The maximum Gasteiger partial charge on any atom is 0.260 e. The maximum absolute atomic E-state index is 14.2. The summed E-state index contributed by atoms with van der Waals surface area (Å²) in [5.74, 6) is -0.990. The van der Waals surface area contributed by atoms with Gasteiger partial charge in [0, 0.05) is 16.6 Å². The molecule has 5 rings (SSSR count). The highest BCUT2D eigenvalue weighted by Gasteiger charge is 2.24. The Morgan fingerprint density at radius 3 is 2.65 bits per heavy atom. The molecule has 4 nitrogen and oxygen atoms in total. The third-order valence-electron chi connectivity index (χ3n) is 5.48. The van der Waals surface area contributed by atoms with Crippen molar-refractivity contribution in [2.24, 2.45) is 0 Å². The lowest BCUT2D eigenvalue weighted by Gasteiger charge is -2.10. The molecule has 1 aliphatic carbocycles. The van der Waals surface area contributed by atoms with Crippen molar-refractivity contribution < 1.29 is 9.18 Å². The lowest BCUT2D eigenvalue weighted by atomic mass is 9.98. The van der Waals surface area contributed by atoms with Gasteiger partial charge in [-0.25, -0.2) is 14.4 Å². The van der Waals surface area contributed by atoms with Gasteiger partial charge in [-0.3, -0.25) is 10.1 Å². The summed E-state index contributed by atoms with van der Waals surface area (Å²) in [6.07, 6.45) is 2.78. The second-order valence-corrected chi connectivity index (χ2v) is 9.52. The molecule has 31 heavy (non-hydrogen) atoms. The van der Waals surface area contributed by atoms with Crippen LogP contribution in [0.2, 0.25) is 0 Å². The number of fused-ring (bicyclic) bond motifs is 3. The summed E-state index contributed by atoms with van der Waals surface area (Å²) in [6, 6.07) is 10.9. The molecule has 0 spiro atoms. The fourth-order valence-electron chi connectivity index (χ4n) is 4.04. The molecule has 1 aliphatic rings. The van der Waals surface area contributed by atoms with Crippen molar-refractivity contribution in [3.05, 3.63) is 75.7 Å². The average molecular weight is 450 g/mol. The van der Waals surface area contributed by atoms with Crippen LogP contribution in [0.1, 0.15) is 39.3 Å². The number of aromatic nitrogens is 2. The number of benzene rings is 2. The summed E-state index contributed by atoms with van der Waals surface area (Å²) >= 11 is 3.11. The average Bonchev–Trinajstić information content (AvgIpc) is 3.30. The molecule has 4 aromatic rings. The van der Waals surface area contributed by atoms with Gasteiger partial charge in [0.15, 0.2) is 5.13 Å². The van der Waals surface area contributed by atoms with E-state index in [2.05, 4.69) is 33.9 Å². The number of hydrogen-bond acceptors (Lipinski definition) is 5. The van der Waals surface area contributed by atoms with Crippen LogP contribution in [0.5, 0.6) is 0 Å². The Morgan fingerprint density at radius 2 is 1.87 bits per heavy atom. The maximum atomic E-state index is 14.2. The fraction of sp³-hybridized carbons (Fsp3) is 0.208. The van der Waals surface area contributed by atoms with Gasteiger partial charge in [-0.15, -0.1) is 11.3 Å². The van der Waals surface area contributed by atoms with Crippen LogP contribution in [-0.2, 0) is 12.8 Å². The van der Waals surface area contributed by atoms with Crippen molar-refractivity contribution in [3.63, 3.8) is 0 Å². The van der Waals surface area contributed by atoms with Gasteiger partial charge in [0.1, 0.15) is 10.8 Å². The molecule has 0 saturated heterocycles. The molecular formula is C24H20FN3OS2. The van der Waals surface area contributed by atoms with Crippen LogP contribution in [0.25, 0.3) is 21.0 Å². The van der Waals surface area contributed by atoms with Gasteiger partial charge in [0.25, 0.3) is 5.91 Å². The van der Waals surface area contributed by atoms with E-state index in [4.69, 9.17) is 4.98 Å². The Hall–Kier alpha value is -2.90. The van der Waals surface area contributed by atoms with Gasteiger partial charge in [-0.05, 0) is 55.9 Å². The predicted molar refractivity (Wildman–Crippen MR) is 125 cm³/mol. The van der Waals surface area contributed by atoms with E-state index < -0.39 is 11.7 Å². The standard InChI is InChI=1S/C24H20FN3OS2/c1-13-6-3-10-18(25)20(13)22(29)28-24-27-19-11-5-7-15-16(21(19)31-24)8-4-9-17(15)23-26-14(2)12-30-23/h3-4,6,8-10,12H,5,7,11H2,1-2H3,(H,27,28,29). The highest BCUT2D eigenvalue weighted by atomic mass is 32.1. The number of rotatable bonds is 3. The number of carbonyl (C=O) groups excluding carboxylic acids is 1. The first-order chi connectivity index (χ1) is 15.0. The molecule has 0 bridgehead atoms. The highest BCUT2D eigenvalue weighted by Crippen LogP contribution is 2.42. The molecule has 2 aromatic heterocycles. The van der Waals surface area contributed by atoms with Gasteiger partial charge >= 0.3 is 0 Å². The zero-order chi connectivity index (χ0) is 21.5. The van der Waals surface area contributed by atoms with Gasteiger partial charge in [0.2, 0.25) is 0 Å². The minimum absolute atomic E-state index is 0.0646. The van der Waals surface area contributed by atoms with Gasteiger partial charge < -0.3 is 0 Å². The van der Waals surface area contributed by atoms with Crippen LogP contribution in [0.4, 0.5) is 9.52 Å². The number of nitrogens with zero attached hydrogens (tertiary/aromatic N) is 2. The molecule has 1 amide bonds. The third kappa shape index (κ3) is 3.68.